The van der Waals surface area contributed by atoms with Gasteiger partial charge in [0.25, 0.3) is 5.91 Å². The number of carbonyl (C=O) groups is 3. The van der Waals surface area contributed by atoms with Gasteiger partial charge in [-0.1, -0.05) is 41.4 Å². The standard InChI is InChI=1S/C28H25ClN2O5S/c1-15-7-9-16(10-8-15)23-22-24(36-31(23)18-13-11-17(29)12-14-18)26(33)30(25(22)32)27-21(28(34)35-2)19-5-3-4-6-20(19)37-27/h7-14,22-24H,3-6H2,1-2H3/t22-,23+,24+/m1/s1. The molecule has 7 nitrogen and oxygen atoms in total. The van der Waals surface area contributed by atoms with E-state index < -0.39 is 29.9 Å². The van der Waals surface area contributed by atoms with Crippen molar-refractivity contribution in [3.05, 3.63) is 80.7 Å². The van der Waals surface area contributed by atoms with Crippen LogP contribution in [-0.2, 0) is 32.0 Å². The lowest BCUT2D eigenvalue weighted by Crippen LogP contribution is -2.37. The van der Waals surface area contributed by atoms with Crippen LogP contribution < -0.4 is 9.96 Å². The fraction of sp³-hybridized carbons (Fsp3) is 0.321. The zero-order valence-electron chi connectivity index (χ0n) is 20.4. The molecule has 3 aliphatic rings. The van der Waals surface area contributed by atoms with Gasteiger partial charge in [-0.05, 0) is 68.0 Å². The summed E-state index contributed by atoms with van der Waals surface area (Å²) in [5.74, 6) is -2.14. The molecule has 2 aromatic carbocycles. The summed E-state index contributed by atoms with van der Waals surface area (Å²) in [6.07, 6.45) is 2.50. The van der Waals surface area contributed by atoms with Crippen molar-refractivity contribution >= 4 is 51.4 Å². The van der Waals surface area contributed by atoms with Gasteiger partial charge in [0.2, 0.25) is 5.91 Å². The second-order valence-corrected chi connectivity index (χ2v) is 11.1. The summed E-state index contributed by atoms with van der Waals surface area (Å²) < 4.78 is 5.08. The first kappa shape index (κ1) is 24.2. The molecule has 0 unspecified atom stereocenters. The molecule has 2 aliphatic heterocycles. The quantitative estimate of drug-likeness (QED) is 0.327. The van der Waals surface area contributed by atoms with Crippen LogP contribution in [0.15, 0.2) is 48.5 Å². The van der Waals surface area contributed by atoms with Crippen molar-refractivity contribution in [3.63, 3.8) is 0 Å². The van der Waals surface area contributed by atoms with E-state index in [1.807, 2.05) is 31.2 Å². The second kappa shape index (κ2) is 9.28. The minimum atomic E-state index is -1.01. The van der Waals surface area contributed by atoms with Gasteiger partial charge < -0.3 is 4.74 Å². The van der Waals surface area contributed by atoms with Crippen LogP contribution in [0.3, 0.4) is 0 Å². The lowest BCUT2D eigenvalue weighted by Gasteiger charge is -2.28. The Morgan fingerprint density at radius 1 is 1.03 bits per heavy atom. The third-order valence-corrected chi connectivity index (χ3v) is 8.89. The fourth-order valence-corrected chi connectivity index (χ4v) is 7.06. The average Bonchev–Trinajstić information content (AvgIpc) is 3.55. The molecule has 9 heteroatoms. The van der Waals surface area contributed by atoms with Gasteiger partial charge in [-0.2, -0.15) is 0 Å². The molecule has 2 amide bonds. The number of imide groups is 1. The van der Waals surface area contributed by atoms with E-state index in [0.29, 0.717) is 21.3 Å². The Bertz CT molecular complexity index is 1400. The number of benzene rings is 2. The summed E-state index contributed by atoms with van der Waals surface area (Å²) in [7, 11) is 1.32. The molecule has 0 radical (unpaired) electrons. The fourth-order valence-electron chi connectivity index (χ4n) is 5.55. The molecule has 0 N–H and O–H groups in total. The number of nitrogens with zero attached hydrogens (tertiary/aromatic N) is 2. The normalized spacial score (nSPS) is 22.8. The highest BCUT2D eigenvalue weighted by Gasteiger charge is 2.61. The van der Waals surface area contributed by atoms with Crippen molar-refractivity contribution in [1.82, 2.24) is 0 Å². The zero-order chi connectivity index (χ0) is 25.8. The van der Waals surface area contributed by atoms with Crippen molar-refractivity contribution in [1.29, 1.82) is 0 Å². The maximum atomic E-state index is 14.1. The summed E-state index contributed by atoms with van der Waals surface area (Å²) >= 11 is 7.45. The van der Waals surface area contributed by atoms with E-state index in [2.05, 4.69) is 0 Å². The van der Waals surface area contributed by atoms with Crippen molar-refractivity contribution in [2.24, 2.45) is 5.92 Å². The first-order valence-corrected chi connectivity index (χ1v) is 13.5. The van der Waals surface area contributed by atoms with Crippen LogP contribution in [-0.4, -0.2) is 31.0 Å². The molecule has 0 spiro atoms. The summed E-state index contributed by atoms with van der Waals surface area (Å²) in [5.41, 5.74) is 3.87. The molecule has 2 saturated heterocycles. The van der Waals surface area contributed by atoms with Crippen molar-refractivity contribution < 1.29 is 24.0 Å². The highest BCUT2D eigenvalue weighted by atomic mass is 35.5. The Hall–Kier alpha value is -3.20. The highest BCUT2D eigenvalue weighted by molar-refractivity contribution is 7.17. The topological polar surface area (TPSA) is 76.2 Å². The number of anilines is 2. The van der Waals surface area contributed by atoms with E-state index in [4.69, 9.17) is 21.2 Å². The van der Waals surface area contributed by atoms with Crippen LogP contribution in [0.2, 0.25) is 5.02 Å². The molecule has 37 heavy (non-hydrogen) atoms. The summed E-state index contributed by atoms with van der Waals surface area (Å²) in [6, 6.07) is 14.4. The van der Waals surface area contributed by atoms with E-state index in [9.17, 15) is 14.4 Å². The number of hydrogen-bond acceptors (Lipinski definition) is 7. The summed E-state index contributed by atoms with van der Waals surface area (Å²) in [5, 5.41) is 2.57. The average molecular weight is 537 g/mol. The van der Waals surface area contributed by atoms with E-state index >= 15 is 0 Å². The highest BCUT2D eigenvalue weighted by Crippen LogP contribution is 2.50. The van der Waals surface area contributed by atoms with Gasteiger partial charge >= 0.3 is 5.97 Å². The van der Waals surface area contributed by atoms with Crippen LogP contribution in [0.25, 0.3) is 0 Å². The van der Waals surface area contributed by atoms with E-state index in [1.54, 1.807) is 29.3 Å². The lowest BCUT2D eigenvalue weighted by atomic mass is 9.90. The zero-order valence-corrected chi connectivity index (χ0v) is 22.0. The number of hydroxylamine groups is 1. The van der Waals surface area contributed by atoms with E-state index in [1.165, 1.54) is 23.3 Å². The van der Waals surface area contributed by atoms with Crippen LogP contribution >= 0.6 is 22.9 Å². The molecule has 1 aromatic heterocycles. The van der Waals surface area contributed by atoms with Crippen LogP contribution in [0.4, 0.5) is 10.7 Å². The minimum absolute atomic E-state index is 0.338. The molecule has 0 bridgehead atoms. The Labute approximate surface area is 223 Å². The van der Waals surface area contributed by atoms with E-state index in [0.717, 1.165) is 47.3 Å². The molecule has 3 atom stereocenters. The minimum Gasteiger partial charge on any atom is -0.465 e. The number of carbonyl (C=O) groups excluding carboxylic acids is 3. The Balaban J connectivity index is 1.44. The second-order valence-electron chi connectivity index (χ2n) is 9.60. The molecule has 6 rings (SSSR count). The van der Waals surface area contributed by atoms with Crippen molar-refractivity contribution in [2.45, 2.75) is 44.8 Å². The summed E-state index contributed by atoms with van der Waals surface area (Å²) in [6.45, 7) is 1.99. The van der Waals surface area contributed by atoms with Gasteiger partial charge in [0.1, 0.15) is 10.9 Å². The summed E-state index contributed by atoms with van der Waals surface area (Å²) in [4.78, 5) is 49.2. The van der Waals surface area contributed by atoms with Crippen LogP contribution in [0.1, 0.15) is 50.8 Å². The number of hydrogen-bond donors (Lipinski definition) is 0. The maximum absolute atomic E-state index is 14.1. The first-order valence-electron chi connectivity index (χ1n) is 12.3. The number of aryl methyl sites for hydroxylation is 2. The number of halogens is 1. The largest absolute Gasteiger partial charge is 0.465 e. The Morgan fingerprint density at radius 2 is 1.73 bits per heavy atom. The molecule has 0 saturated carbocycles. The number of methoxy groups -OCH3 is 1. The van der Waals surface area contributed by atoms with Gasteiger partial charge in [0.05, 0.1) is 24.4 Å². The number of fused-ring (bicyclic) bond motifs is 2. The third-order valence-electron chi connectivity index (χ3n) is 7.36. The third kappa shape index (κ3) is 3.86. The van der Waals surface area contributed by atoms with Crippen molar-refractivity contribution in [3.8, 4) is 0 Å². The number of esters is 1. The Morgan fingerprint density at radius 3 is 2.43 bits per heavy atom. The monoisotopic (exact) mass is 536 g/mol. The number of thiophene rings is 1. The molecule has 3 heterocycles. The van der Waals surface area contributed by atoms with Crippen LogP contribution in [0.5, 0.6) is 0 Å². The van der Waals surface area contributed by atoms with E-state index in [-0.39, 0.29) is 5.91 Å². The Kier molecular flexibility index (Phi) is 6.06. The number of ether oxygens (including phenoxy) is 1. The SMILES string of the molecule is COC(=O)c1c(N2C(=O)[C@H]3[C@H](ON(c4ccc(Cl)cc4)[C@H]3c3ccc(C)cc3)C2=O)sc2c1CCCC2. The predicted octanol–water partition coefficient (Wildman–Crippen LogP) is 5.43. The molecule has 190 valence electrons. The van der Waals surface area contributed by atoms with Crippen LogP contribution in [0, 0.1) is 12.8 Å². The number of amides is 2. The number of rotatable bonds is 4. The molecule has 2 fully saturated rings. The van der Waals surface area contributed by atoms with Gasteiger partial charge in [-0.3, -0.25) is 14.4 Å². The maximum Gasteiger partial charge on any atom is 0.341 e. The molecular formula is C28H25ClN2O5S. The first-order chi connectivity index (χ1) is 17.9. The van der Waals surface area contributed by atoms with Gasteiger partial charge in [-0.25, -0.2) is 14.8 Å². The lowest BCUT2D eigenvalue weighted by molar-refractivity contribution is -0.126. The van der Waals surface area contributed by atoms with Gasteiger partial charge in [0, 0.05) is 9.90 Å². The smallest absolute Gasteiger partial charge is 0.341 e. The van der Waals surface area contributed by atoms with Crippen molar-refractivity contribution in [2.75, 3.05) is 17.1 Å². The molecule has 1 aliphatic carbocycles. The molecule has 3 aromatic rings. The van der Waals surface area contributed by atoms with Gasteiger partial charge in [-0.15, -0.1) is 11.3 Å². The molecular weight excluding hydrogens is 512 g/mol. The van der Waals surface area contributed by atoms with Gasteiger partial charge in [0.15, 0.2) is 6.10 Å². The predicted molar refractivity (Wildman–Crippen MR) is 141 cm³/mol.